The van der Waals surface area contributed by atoms with E-state index in [2.05, 4.69) is 4.72 Å². The number of thioether (sulfide) groups is 1. The highest BCUT2D eigenvalue weighted by molar-refractivity contribution is 8.00. The maximum atomic E-state index is 13.7. The molecule has 114 valence electrons. The molecular formula is C13H21FN2O2S2. The van der Waals surface area contributed by atoms with Gasteiger partial charge in [0.25, 0.3) is 0 Å². The molecule has 0 amide bonds. The van der Waals surface area contributed by atoms with Crippen LogP contribution in [0.5, 0.6) is 0 Å². The second-order valence-electron chi connectivity index (χ2n) is 5.21. The fourth-order valence-corrected chi connectivity index (χ4v) is 3.19. The highest BCUT2D eigenvalue weighted by atomic mass is 32.2. The van der Waals surface area contributed by atoms with Crippen LogP contribution in [0.1, 0.15) is 25.0 Å². The lowest BCUT2D eigenvalue weighted by molar-refractivity contribution is 0.568. The zero-order valence-electron chi connectivity index (χ0n) is 12.2. The van der Waals surface area contributed by atoms with Crippen LogP contribution in [0.2, 0.25) is 0 Å². The molecule has 0 unspecified atom stereocenters. The minimum atomic E-state index is -3.66. The Balaban J connectivity index is 3.07. The minimum absolute atomic E-state index is 0.0354. The molecule has 0 heterocycles. The first kappa shape index (κ1) is 17.4. The molecule has 0 aliphatic rings. The van der Waals surface area contributed by atoms with Crippen molar-refractivity contribution in [2.24, 2.45) is 5.73 Å². The summed E-state index contributed by atoms with van der Waals surface area (Å²) in [6.45, 7) is 5.68. The zero-order valence-corrected chi connectivity index (χ0v) is 13.8. The standard InChI is InChI=1S/C13H21FN2O2S2/c1-9-5-11(6-10(7-15)12(9)14)20(17,18)16-8-13(2,3)19-4/h5-6,16H,7-8,15H2,1-4H3. The first-order valence-electron chi connectivity index (χ1n) is 6.17. The molecule has 0 aromatic heterocycles. The number of nitrogens with two attached hydrogens (primary N) is 1. The number of sulfonamides is 1. The summed E-state index contributed by atoms with van der Waals surface area (Å²) < 4.78 is 40.5. The average Bonchev–Trinajstić information content (AvgIpc) is 2.39. The minimum Gasteiger partial charge on any atom is -0.326 e. The Morgan fingerprint density at radius 1 is 1.40 bits per heavy atom. The van der Waals surface area contributed by atoms with Gasteiger partial charge >= 0.3 is 0 Å². The van der Waals surface area contributed by atoms with E-state index in [1.165, 1.54) is 19.1 Å². The second-order valence-corrected chi connectivity index (χ2v) is 8.49. The van der Waals surface area contributed by atoms with E-state index in [1.54, 1.807) is 11.8 Å². The first-order valence-corrected chi connectivity index (χ1v) is 8.87. The van der Waals surface area contributed by atoms with Crippen molar-refractivity contribution in [2.75, 3.05) is 12.8 Å². The first-order chi connectivity index (χ1) is 9.13. The van der Waals surface area contributed by atoms with E-state index >= 15 is 0 Å². The zero-order chi connectivity index (χ0) is 15.6. The van der Waals surface area contributed by atoms with Gasteiger partial charge in [0, 0.05) is 23.4 Å². The molecule has 0 aliphatic heterocycles. The molecule has 0 bridgehead atoms. The third-order valence-electron chi connectivity index (χ3n) is 3.07. The molecule has 1 aromatic carbocycles. The molecule has 1 aromatic rings. The Kier molecular flexibility index (Phi) is 5.60. The smallest absolute Gasteiger partial charge is 0.240 e. The summed E-state index contributed by atoms with van der Waals surface area (Å²) in [6.07, 6.45) is 1.92. The maximum absolute atomic E-state index is 13.7. The molecule has 4 nitrogen and oxygen atoms in total. The molecule has 0 saturated carbocycles. The van der Waals surface area contributed by atoms with Gasteiger partial charge < -0.3 is 5.73 Å². The number of aryl methyl sites for hydroxylation is 1. The van der Waals surface area contributed by atoms with Crippen LogP contribution in [-0.4, -0.2) is 26.0 Å². The van der Waals surface area contributed by atoms with Crippen LogP contribution >= 0.6 is 11.8 Å². The van der Waals surface area contributed by atoms with E-state index < -0.39 is 15.8 Å². The molecule has 1 rings (SSSR count). The van der Waals surface area contributed by atoms with Crippen molar-refractivity contribution < 1.29 is 12.8 Å². The van der Waals surface area contributed by atoms with Crippen molar-refractivity contribution in [2.45, 2.75) is 37.0 Å². The van der Waals surface area contributed by atoms with Crippen molar-refractivity contribution in [3.63, 3.8) is 0 Å². The van der Waals surface area contributed by atoms with E-state index in [1.807, 2.05) is 20.1 Å². The van der Waals surface area contributed by atoms with Gasteiger partial charge in [-0.15, -0.1) is 0 Å². The van der Waals surface area contributed by atoms with E-state index in [4.69, 9.17) is 5.73 Å². The molecular weight excluding hydrogens is 299 g/mol. The Morgan fingerprint density at radius 2 is 2.00 bits per heavy atom. The molecule has 0 radical (unpaired) electrons. The van der Waals surface area contributed by atoms with Crippen LogP contribution in [0.25, 0.3) is 0 Å². The van der Waals surface area contributed by atoms with Crippen LogP contribution < -0.4 is 10.5 Å². The molecule has 0 aliphatic carbocycles. The van der Waals surface area contributed by atoms with Crippen molar-refractivity contribution in [3.05, 3.63) is 29.1 Å². The molecule has 0 saturated heterocycles. The quantitative estimate of drug-likeness (QED) is 0.841. The lowest BCUT2D eigenvalue weighted by Crippen LogP contribution is -2.36. The summed E-state index contributed by atoms with van der Waals surface area (Å²) in [7, 11) is -3.66. The van der Waals surface area contributed by atoms with Gasteiger partial charge in [0.15, 0.2) is 0 Å². The maximum Gasteiger partial charge on any atom is 0.240 e. The Morgan fingerprint density at radius 3 is 2.50 bits per heavy atom. The number of halogens is 1. The lowest BCUT2D eigenvalue weighted by atomic mass is 10.1. The van der Waals surface area contributed by atoms with Crippen molar-refractivity contribution in [1.29, 1.82) is 0 Å². The largest absolute Gasteiger partial charge is 0.326 e. The van der Waals surface area contributed by atoms with Crippen LogP contribution in [0.3, 0.4) is 0 Å². The van der Waals surface area contributed by atoms with Gasteiger partial charge in [-0.1, -0.05) is 0 Å². The Bertz CT molecular complexity index is 586. The van der Waals surface area contributed by atoms with Gasteiger partial charge in [0.05, 0.1) is 4.90 Å². The van der Waals surface area contributed by atoms with E-state index in [0.29, 0.717) is 6.54 Å². The highest BCUT2D eigenvalue weighted by Gasteiger charge is 2.22. The number of hydrogen-bond donors (Lipinski definition) is 2. The van der Waals surface area contributed by atoms with E-state index in [9.17, 15) is 12.8 Å². The van der Waals surface area contributed by atoms with Crippen LogP contribution in [0.15, 0.2) is 17.0 Å². The normalized spacial score (nSPS) is 12.7. The van der Waals surface area contributed by atoms with Crippen molar-refractivity contribution in [3.8, 4) is 0 Å². The van der Waals surface area contributed by atoms with Crippen LogP contribution in [-0.2, 0) is 16.6 Å². The monoisotopic (exact) mass is 320 g/mol. The van der Waals surface area contributed by atoms with Crippen LogP contribution in [0.4, 0.5) is 4.39 Å². The Hall–Kier alpha value is -0.630. The van der Waals surface area contributed by atoms with Gasteiger partial charge in [-0.2, -0.15) is 11.8 Å². The summed E-state index contributed by atoms with van der Waals surface area (Å²) in [4.78, 5) is 0.0498. The third-order valence-corrected chi connectivity index (χ3v) is 5.70. The molecule has 0 fully saturated rings. The van der Waals surface area contributed by atoms with E-state index in [0.717, 1.165) is 0 Å². The highest BCUT2D eigenvalue weighted by Crippen LogP contribution is 2.22. The fourth-order valence-electron chi connectivity index (χ4n) is 1.53. The third kappa shape index (κ3) is 4.18. The van der Waals surface area contributed by atoms with Gasteiger partial charge in [-0.25, -0.2) is 17.5 Å². The number of hydrogen-bond acceptors (Lipinski definition) is 4. The molecule has 0 atom stereocenters. The average molecular weight is 320 g/mol. The van der Waals surface area contributed by atoms with Crippen LogP contribution in [0, 0.1) is 12.7 Å². The SMILES string of the molecule is CSC(C)(C)CNS(=O)(=O)c1cc(C)c(F)c(CN)c1. The number of benzene rings is 1. The lowest BCUT2D eigenvalue weighted by Gasteiger charge is -2.22. The molecule has 0 spiro atoms. The molecule has 3 N–H and O–H groups in total. The topological polar surface area (TPSA) is 72.2 Å². The summed E-state index contributed by atoms with van der Waals surface area (Å²) >= 11 is 1.57. The van der Waals surface area contributed by atoms with Gasteiger partial charge in [-0.05, 0) is 44.7 Å². The van der Waals surface area contributed by atoms with Crippen molar-refractivity contribution >= 4 is 21.8 Å². The predicted octanol–water partition coefficient (Wildman–Crippen LogP) is 2.01. The summed E-state index contributed by atoms with van der Waals surface area (Å²) in [5.41, 5.74) is 5.92. The van der Waals surface area contributed by atoms with Gasteiger partial charge in [0.2, 0.25) is 10.0 Å². The van der Waals surface area contributed by atoms with E-state index in [-0.39, 0.29) is 27.3 Å². The Labute approximate surface area is 124 Å². The summed E-state index contributed by atoms with van der Waals surface area (Å²) in [5, 5.41) is 0. The molecule has 7 heteroatoms. The second kappa shape index (κ2) is 6.43. The van der Waals surface area contributed by atoms with Gasteiger partial charge in [-0.3, -0.25) is 0 Å². The van der Waals surface area contributed by atoms with Gasteiger partial charge in [0.1, 0.15) is 5.82 Å². The molecule has 20 heavy (non-hydrogen) atoms. The summed E-state index contributed by atoms with van der Waals surface area (Å²) in [6, 6.07) is 2.61. The predicted molar refractivity (Wildman–Crippen MR) is 81.8 cm³/mol. The fraction of sp³-hybridized carbons (Fsp3) is 0.538. The summed E-state index contributed by atoms with van der Waals surface area (Å²) in [5.74, 6) is -0.448. The number of rotatable bonds is 6. The number of nitrogens with one attached hydrogen (secondary N) is 1. The van der Waals surface area contributed by atoms with Crippen molar-refractivity contribution in [1.82, 2.24) is 4.72 Å².